The van der Waals surface area contributed by atoms with Crippen molar-refractivity contribution in [1.29, 1.82) is 0 Å². The molecule has 4 aromatic heterocycles. The number of halogens is 3. The predicted molar refractivity (Wildman–Crippen MR) is 116 cm³/mol. The molecule has 0 aliphatic rings. The molecule has 0 unspecified atom stereocenters. The van der Waals surface area contributed by atoms with E-state index < -0.39 is 24.3 Å². The summed E-state index contributed by atoms with van der Waals surface area (Å²) >= 11 is 0. The lowest BCUT2D eigenvalue weighted by molar-refractivity contribution is -0.141. The number of nitrogens with zero attached hydrogens (tertiary/aromatic N) is 6. The number of anilines is 1. The van der Waals surface area contributed by atoms with Crippen LogP contribution in [0.3, 0.4) is 0 Å². The van der Waals surface area contributed by atoms with Gasteiger partial charge in [-0.25, -0.2) is 15.0 Å². The van der Waals surface area contributed by atoms with Crippen LogP contribution >= 0.6 is 0 Å². The minimum absolute atomic E-state index is 0.0647. The Hall–Kier alpha value is -4.09. The highest BCUT2D eigenvalue weighted by molar-refractivity contribution is 6.16. The van der Waals surface area contributed by atoms with Gasteiger partial charge >= 0.3 is 6.18 Å². The fraction of sp³-hybridized carbons (Fsp3) is 0.273. The molecule has 0 fully saturated rings. The van der Waals surface area contributed by atoms with E-state index in [1.165, 1.54) is 31.6 Å². The Balaban J connectivity index is 1.55. The van der Waals surface area contributed by atoms with Crippen LogP contribution in [-0.2, 0) is 17.5 Å². The molecule has 1 N–H and O–H groups in total. The average molecular weight is 471 g/mol. The van der Waals surface area contributed by atoms with Gasteiger partial charge in [-0.15, -0.1) is 0 Å². The number of nitrogens with one attached hydrogen (secondary N) is 1. The first-order valence-corrected chi connectivity index (χ1v) is 10.3. The summed E-state index contributed by atoms with van der Waals surface area (Å²) in [5.74, 6) is -0.864. The highest BCUT2D eigenvalue weighted by Gasteiger charge is 2.34. The number of carbonyl (C=O) groups excluding carboxylic acids is 2. The van der Waals surface area contributed by atoms with Gasteiger partial charge in [-0.05, 0) is 39.0 Å². The first kappa shape index (κ1) is 23.1. The third-order valence-electron chi connectivity index (χ3n) is 5.15. The molecule has 34 heavy (non-hydrogen) atoms. The smallest absolute Gasteiger partial charge is 0.329 e. The maximum atomic E-state index is 13.2. The van der Waals surface area contributed by atoms with Crippen molar-refractivity contribution in [3.8, 4) is 0 Å². The Morgan fingerprint density at radius 3 is 2.62 bits per heavy atom. The Morgan fingerprint density at radius 2 is 1.94 bits per heavy atom. The van der Waals surface area contributed by atoms with Gasteiger partial charge in [0.05, 0.1) is 5.56 Å². The van der Waals surface area contributed by atoms with E-state index >= 15 is 0 Å². The van der Waals surface area contributed by atoms with E-state index in [0.29, 0.717) is 16.6 Å². The van der Waals surface area contributed by atoms with Gasteiger partial charge in [0.25, 0.3) is 0 Å². The molecule has 176 valence electrons. The van der Waals surface area contributed by atoms with Crippen LogP contribution in [0.5, 0.6) is 0 Å². The minimum atomic E-state index is -4.60. The maximum absolute atomic E-state index is 13.2. The van der Waals surface area contributed by atoms with Gasteiger partial charge in [0.1, 0.15) is 24.3 Å². The third-order valence-corrected chi connectivity index (χ3v) is 5.15. The van der Waals surface area contributed by atoms with Crippen molar-refractivity contribution in [1.82, 2.24) is 29.3 Å². The van der Waals surface area contributed by atoms with E-state index in [1.807, 2.05) is 18.4 Å². The zero-order valence-corrected chi connectivity index (χ0v) is 18.5. The summed E-state index contributed by atoms with van der Waals surface area (Å²) in [7, 11) is 0. The zero-order chi connectivity index (χ0) is 24.6. The largest absolute Gasteiger partial charge is 0.435 e. The van der Waals surface area contributed by atoms with E-state index in [-0.39, 0.29) is 28.9 Å². The van der Waals surface area contributed by atoms with Crippen LogP contribution in [0.15, 0.2) is 43.1 Å². The van der Waals surface area contributed by atoms with Crippen molar-refractivity contribution in [2.75, 3.05) is 5.32 Å². The van der Waals surface area contributed by atoms with Crippen molar-refractivity contribution >= 4 is 28.5 Å². The molecule has 4 rings (SSSR count). The van der Waals surface area contributed by atoms with Crippen molar-refractivity contribution < 1.29 is 22.8 Å². The number of carbonyl (C=O) groups is 2. The second kappa shape index (κ2) is 8.69. The molecule has 12 heteroatoms. The number of hydrogen-bond acceptors (Lipinski definition) is 6. The normalized spacial score (nSPS) is 11.9. The SMILES string of the molecule is Cc1cc(C(F)(F)F)nn1CC(=O)Nc1cc(C(=O)c2cn(C(C)C)c3ncncc23)ccn1. The quantitative estimate of drug-likeness (QED) is 0.429. The van der Waals surface area contributed by atoms with Gasteiger partial charge in [0.2, 0.25) is 5.91 Å². The van der Waals surface area contributed by atoms with Crippen LogP contribution in [0, 0.1) is 6.92 Å². The van der Waals surface area contributed by atoms with Gasteiger partial charge in [-0.1, -0.05) is 0 Å². The number of amides is 1. The summed E-state index contributed by atoms with van der Waals surface area (Å²) < 4.78 is 41.3. The standard InChI is InChI=1S/C22H20F3N7O2/c1-12(2)31-9-16(15-8-26-11-28-21(15)31)20(34)14-4-5-27-18(7-14)29-19(33)10-32-13(3)6-17(30-32)22(23,24)25/h4-9,11-12H,10H2,1-3H3,(H,27,29,33). The Labute approximate surface area is 191 Å². The maximum Gasteiger partial charge on any atom is 0.435 e. The summed E-state index contributed by atoms with van der Waals surface area (Å²) in [6.45, 7) is 4.91. The number of aryl methyl sites for hydroxylation is 1. The topological polar surface area (TPSA) is 108 Å². The number of hydrogen-bond donors (Lipinski definition) is 1. The van der Waals surface area contributed by atoms with Gasteiger partial charge in [0.15, 0.2) is 11.5 Å². The van der Waals surface area contributed by atoms with E-state index in [1.54, 1.807) is 12.4 Å². The number of alkyl halides is 3. The number of aromatic nitrogens is 6. The van der Waals surface area contributed by atoms with Crippen molar-refractivity contribution in [3.05, 3.63) is 65.6 Å². The summed E-state index contributed by atoms with van der Waals surface area (Å²) in [6.07, 6.45) is 1.45. The van der Waals surface area contributed by atoms with Crippen LogP contribution in [0.4, 0.5) is 19.0 Å². The van der Waals surface area contributed by atoms with Gasteiger partial charge in [0, 0.05) is 41.3 Å². The monoisotopic (exact) mass is 471 g/mol. The lowest BCUT2D eigenvalue weighted by Gasteiger charge is -2.08. The molecule has 0 atom stereocenters. The number of rotatable bonds is 6. The third kappa shape index (κ3) is 4.51. The second-order valence-corrected chi connectivity index (χ2v) is 7.94. The van der Waals surface area contributed by atoms with Gasteiger partial charge in [-0.2, -0.15) is 18.3 Å². The van der Waals surface area contributed by atoms with Crippen molar-refractivity contribution in [2.24, 2.45) is 0 Å². The minimum Gasteiger partial charge on any atom is -0.329 e. The van der Waals surface area contributed by atoms with Crippen LogP contribution in [-0.4, -0.2) is 41.0 Å². The molecule has 4 aromatic rings. The van der Waals surface area contributed by atoms with Gasteiger partial charge in [-0.3, -0.25) is 14.3 Å². The van der Waals surface area contributed by atoms with Crippen LogP contribution in [0.1, 0.15) is 47.2 Å². The first-order chi connectivity index (χ1) is 16.0. The predicted octanol–water partition coefficient (Wildman–Crippen LogP) is 3.80. The lowest BCUT2D eigenvalue weighted by atomic mass is 10.1. The van der Waals surface area contributed by atoms with E-state index in [0.717, 1.165) is 10.7 Å². The molecule has 0 spiro atoms. The fourth-order valence-electron chi connectivity index (χ4n) is 3.49. The number of pyridine rings is 1. The highest BCUT2D eigenvalue weighted by atomic mass is 19.4. The van der Waals surface area contributed by atoms with E-state index in [4.69, 9.17) is 0 Å². The molecule has 4 heterocycles. The van der Waals surface area contributed by atoms with Crippen LogP contribution in [0.2, 0.25) is 0 Å². The van der Waals surface area contributed by atoms with Crippen molar-refractivity contribution in [3.63, 3.8) is 0 Å². The summed E-state index contributed by atoms with van der Waals surface area (Å²) in [4.78, 5) is 38.0. The zero-order valence-electron chi connectivity index (χ0n) is 18.5. The molecule has 1 amide bonds. The molecule has 9 nitrogen and oxygen atoms in total. The molecule has 0 aromatic carbocycles. The molecule has 0 saturated heterocycles. The molecule has 0 bridgehead atoms. The average Bonchev–Trinajstić information content (AvgIpc) is 3.34. The molecular formula is C22H20F3N7O2. The molecule has 0 aliphatic heterocycles. The van der Waals surface area contributed by atoms with E-state index in [9.17, 15) is 22.8 Å². The molecule has 0 saturated carbocycles. The van der Waals surface area contributed by atoms with Crippen molar-refractivity contribution in [2.45, 2.75) is 39.5 Å². The number of ketones is 1. The van der Waals surface area contributed by atoms with Crippen LogP contribution in [0.25, 0.3) is 11.0 Å². The van der Waals surface area contributed by atoms with E-state index in [2.05, 4.69) is 25.4 Å². The molecule has 0 radical (unpaired) electrons. The first-order valence-electron chi connectivity index (χ1n) is 10.3. The summed E-state index contributed by atoms with van der Waals surface area (Å²) in [5.41, 5.74) is 0.408. The summed E-state index contributed by atoms with van der Waals surface area (Å²) in [5, 5.41) is 6.53. The Bertz CT molecular complexity index is 1390. The van der Waals surface area contributed by atoms with Crippen LogP contribution < -0.4 is 5.32 Å². The molecular weight excluding hydrogens is 451 g/mol. The second-order valence-electron chi connectivity index (χ2n) is 7.94. The van der Waals surface area contributed by atoms with Gasteiger partial charge < -0.3 is 9.88 Å². The lowest BCUT2D eigenvalue weighted by Crippen LogP contribution is -2.21. The molecule has 0 aliphatic carbocycles. The highest BCUT2D eigenvalue weighted by Crippen LogP contribution is 2.28. The number of fused-ring (bicyclic) bond motifs is 1. The fourth-order valence-corrected chi connectivity index (χ4v) is 3.49. The summed E-state index contributed by atoms with van der Waals surface area (Å²) in [6, 6.07) is 3.84. The Kier molecular flexibility index (Phi) is 5.90. The Morgan fingerprint density at radius 1 is 1.18 bits per heavy atom.